The van der Waals surface area contributed by atoms with Crippen molar-refractivity contribution in [3.63, 3.8) is 0 Å². The summed E-state index contributed by atoms with van der Waals surface area (Å²) in [6.45, 7) is 6.43. The van der Waals surface area contributed by atoms with Crippen molar-refractivity contribution in [2.24, 2.45) is 0 Å². The quantitative estimate of drug-likeness (QED) is 0.769. The van der Waals surface area contributed by atoms with Gasteiger partial charge in [0.2, 0.25) is 0 Å². The van der Waals surface area contributed by atoms with E-state index in [1.807, 2.05) is 18.5 Å². The molecule has 2 aromatic rings. The van der Waals surface area contributed by atoms with Crippen LogP contribution in [0.1, 0.15) is 30.2 Å². The molecule has 2 rings (SSSR count). The molecule has 0 aliphatic carbocycles. The van der Waals surface area contributed by atoms with E-state index in [4.69, 9.17) is 0 Å². The Morgan fingerprint density at radius 1 is 1.27 bits per heavy atom. The van der Waals surface area contributed by atoms with E-state index in [1.165, 1.54) is 10.4 Å². The highest BCUT2D eigenvalue weighted by molar-refractivity contribution is 7.15. The Morgan fingerprint density at radius 2 is 2.07 bits per heavy atom. The molecule has 2 heterocycles. The predicted octanol–water partition coefficient (Wildman–Crippen LogP) is 3.64. The molecule has 0 spiro atoms. The molecule has 15 heavy (non-hydrogen) atoms. The number of aryl methyl sites for hydroxylation is 1. The maximum absolute atomic E-state index is 4.42. The molecule has 0 aromatic carbocycles. The third-order valence-corrected chi connectivity index (χ3v) is 3.61. The summed E-state index contributed by atoms with van der Waals surface area (Å²) in [5.41, 5.74) is 2.19. The van der Waals surface area contributed by atoms with Crippen LogP contribution in [-0.4, -0.2) is 9.97 Å². The molecule has 78 valence electrons. The predicted molar refractivity (Wildman–Crippen MR) is 64.2 cm³/mol. The monoisotopic (exact) mass is 218 g/mol. The van der Waals surface area contributed by atoms with E-state index in [0.717, 1.165) is 10.7 Å². The average molecular weight is 218 g/mol. The number of aromatic nitrogens is 2. The van der Waals surface area contributed by atoms with Crippen LogP contribution in [0.2, 0.25) is 0 Å². The van der Waals surface area contributed by atoms with E-state index in [1.54, 1.807) is 11.3 Å². The van der Waals surface area contributed by atoms with Gasteiger partial charge in [0.15, 0.2) is 0 Å². The minimum atomic E-state index is 0.542. The smallest absolute Gasteiger partial charge is 0.142 e. The molecule has 0 saturated heterocycles. The summed E-state index contributed by atoms with van der Waals surface area (Å²) in [6, 6.07) is 4.02. The number of thiazole rings is 1. The Balaban J connectivity index is 2.42. The lowest BCUT2D eigenvalue weighted by Gasteiger charge is -1.99. The zero-order chi connectivity index (χ0) is 10.8. The van der Waals surface area contributed by atoms with Gasteiger partial charge in [-0.1, -0.05) is 19.9 Å². The number of hydrogen-bond acceptors (Lipinski definition) is 3. The van der Waals surface area contributed by atoms with Gasteiger partial charge in [-0.3, -0.25) is 4.98 Å². The third kappa shape index (κ3) is 2.07. The number of pyridine rings is 1. The molecule has 2 aromatic heterocycles. The van der Waals surface area contributed by atoms with Crippen LogP contribution < -0.4 is 0 Å². The van der Waals surface area contributed by atoms with Crippen molar-refractivity contribution in [2.75, 3.05) is 0 Å². The standard InChI is InChI=1S/C12H14N2S/c1-8(2)10-7-14-12(15-10)11-9(3)5-4-6-13-11/h4-8H,1-3H3. The summed E-state index contributed by atoms with van der Waals surface area (Å²) in [4.78, 5) is 10.1. The molecule has 0 atom stereocenters. The second-order valence-corrected chi connectivity index (χ2v) is 4.95. The lowest BCUT2D eigenvalue weighted by Crippen LogP contribution is -1.85. The molecule has 0 aliphatic rings. The molecule has 2 nitrogen and oxygen atoms in total. The highest BCUT2D eigenvalue weighted by Gasteiger charge is 2.09. The topological polar surface area (TPSA) is 25.8 Å². The van der Waals surface area contributed by atoms with E-state index in [0.29, 0.717) is 5.92 Å². The Morgan fingerprint density at radius 3 is 2.67 bits per heavy atom. The van der Waals surface area contributed by atoms with Crippen LogP contribution in [0.4, 0.5) is 0 Å². The number of rotatable bonds is 2. The first-order chi connectivity index (χ1) is 7.18. The summed E-state index contributed by atoms with van der Waals surface area (Å²) < 4.78 is 0. The van der Waals surface area contributed by atoms with Gasteiger partial charge in [-0.2, -0.15) is 0 Å². The Kier molecular flexibility index (Phi) is 2.82. The lowest BCUT2D eigenvalue weighted by molar-refractivity contribution is 0.885. The minimum Gasteiger partial charge on any atom is -0.253 e. The molecule has 0 unspecified atom stereocenters. The fourth-order valence-corrected chi connectivity index (χ4v) is 2.35. The SMILES string of the molecule is Cc1cccnc1-c1ncc(C(C)C)s1. The van der Waals surface area contributed by atoms with Gasteiger partial charge in [0.1, 0.15) is 10.7 Å². The van der Waals surface area contributed by atoms with E-state index in [-0.39, 0.29) is 0 Å². The zero-order valence-electron chi connectivity index (χ0n) is 9.19. The second-order valence-electron chi connectivity index (χ2n) is 3.89. The van der Waals surface area contributed by atoms with Crippen LogP contribution in [0.25, 0.3) is 10.7 Å². The zero-order valence-corrected chi connectivity index (χ0v) is 10.0. The molecule has 0 N–H and O–H groups in total. The highest BCUT2D eigenvalue weighted by atomic mass is 32.1. The van der Waals surface area contributed by atoms with Crippen molar-refractivity contribution in [3.05, 3.63) is 35.0 Å². The van der Waals surface area contributed by atoms with Gasteiger partial charge in [0.05, 0.1) is 0 Å². The first-order valence-electron chi connectivity index (χ1n) is 5.06. The largest absolute Gasteiger partial charge is 0.253 e. The summed E-state index contributed by atoms with van der Waals surface area (Å²) in [6.07, 6.45) is 3.78. The molecule has 0 bridgehead atoms. The van der Waals surface area contributed by atoms with E-state index in [2.05, 4.69) is 36.8 Å². The Labute approximate surface area is 94.0 Å². The summed E-state index contributed by atoms with van der Waals surface area (Å²) in [5, 5.41) is 1.02. The van der Waals surface area contributed by atoms with Crippen molar-refractivity contribution in [2.45, 2.75) is 26.7 Å². The first kappa shape index (κ1) is 10.3. The highest BCUT2D eigenvalue weighted by Crippen LogP contribution is 2.29. The second kappa shape index (κ2) is 4.11. The average Bonchev–Trinajstić information content (AvgIpc) is 2.67. The number of hydrogen-bond donors (Lipinski definition) is 0. The molecular weight excluding hydrogens is 204 g/mol. The molecule has 0 aliphatic heterocycles. The summed E-state index contributed by atoms with van der Waals surface area (Å²) in [7, 11) is 0. The molecular formula is C12H14N2S. The van der Waals surface area contributed by atoms with Crippen LogP contribution in [-0.2, 0) is 0 Å². The van der Waals surface area contributed by atoms with E-state index >= 15 is 0 Å². The fraction of sp³-hybridized carbons (Fsp3) is 0.333. The Hall–Kier alpha value is -1.22. The normalized spacial score (nSPS) is 10.9. The molecule has 0 saturated carbocycles. The Bertz CT molecular complexity index is 460. The van der Waals surface area contributed by atoms with Crippen molar-refractivity contribution < 1.29 is 0 Å². The van der Waals surface area contributed by atoms with Crippen LogP contribution in [0.15, 0.2) is 24.5 Å². The van der Waals surface area contributed by atoms with Crippen LogP contribution in [0, 0.1) is 6.92 Å². The molecule has 3 heteroatoms. The maximum Gasteiger partial charge on any atom is 0.142 e. The minimum absolute atomic E-state index is 0.542. The van der Waals surface area contributed by atoms with Gasteiger partial charge in [-0.05, 0) is 24.5 Å². The van der Waals surface area contributed by atoms with Crippen LogP contribution in [0.3, 0.4) is 0 Å². The molecule has 0 fully saturated rings. The van der Waals surface area contributed by atoms with Crippen molar-refractivity contribution in [3.8, 4) is 10.7 Å². The van der Waals surface area contributed by atoms with Crippen molar-refractivity contribution in [1.29, 1.82) is 0 Å². The van der Waals surface area contributed by atoms with Crippen molar-refractivity contribution >= 4 is 11.3 Å². The summed E-state index contributed by atoms with van der Waals surface area (Å²) in [5.74, 6) is 0.542. The summed E-state index contributed by atoms with van der Waals surface area (Å²) >= 11 is 1.73. The van der Waals surface area contributed by atoms with Gasteiger partial charge in [0, 0.05) is 17.3 Å². The van der Waals surface area contributed by atoms with Gasteiger partial charge >= 0.3 is 0 Å². The maximum atomic E-state index is 4.42. The lowest BCUT2D eigenvalue weighted by atomic mass is 10.2. The molecule has 0 radical (unpaired) electrons. The molecule has 0 amide bonds. The van der Waals surface area contributed by atoms with Crippen LogP contribution in [0.5, 0.6) is 0 Å². The van der Waals surface area contributed by atoms with E-state index < -0.39 is 0 Å². The van der Waals surface area contributed by atoms with Gasteiger partial charge in [0.25, 0.3) is 0 Å². The van der Waals surface area contributed by atoms with E-state index in [9.17, 15) is 0 Å². The third-order valence-electron chi connectivity index (χ3n) is 2.30. The van der Waals surface area contributed by atoms with Crippen LogP contribution >= 0.6 is 11.3 Å². The van der Waals surface area contributed by atoms with Gasteiger partial charge < -0.3 is 0 Å². The fourth-order valence-electron chi connectivity index (χ4n) is 1.37. The van der Waals surface area contributed by atoms with Crippen molar-refractivity contribution in [1.82, 2.24) is 9.97 Å². The number of nitrogens with zero attached hydrogens (tertiary/aromatic N) is 2. The van der Waals surface area contributed by atoms with Gasteiger partial charge in [-0.15, -0.1) is 11.3 Å². The van der Waals surface area contributed by atoms with Gasteiger partial charge in [-0.25, -0.2) is 4.98 Å². The first-order valence-corrected chi connectivity index (χ1v) is 5.88.